The Morgan fingerprint density at radius 2 is 2.32 bits per heavy atom. The molecule has 0 unspecified atom stereocenters. The lowest BCUT2D eigenvalue weighted by molar-refractivity contribution is -0.384. The normalized spacial score (nSPS) is 19.2. The third-order valence-electron chi connectivity index (χ3n) is 3.17. The number of piperazine rings is 1. The summed E-state index contributed by atoms with van der Waals surface area (Å²) in [5, 5.41) is 14.0. The van der Waals surface area contributed by atoms with Gasteiger partial charge in [0.15, 0.2) is 0 Å². The number of hydrogen-bond acceptors (Lipinski definition) is 5. The van der Waals surface area contributed by atoms with Gasteiger partial charge in [0.1, 0.15) is 0 Å². The van der Waals surface area contributed by atoms with Gasteiger partial charge in [-0.15, -0.1) is 0 Å². The van der Waals surface area contributed by atoms with Crippen LogP contribution in [0.15, 0.2) is 18.2 Å². The van der Waals surface area contributed by atoms with Gasteiger partial charge < -0.3 is 16.0 Å². The second kappa shape index (κ2) is 5.23. The standard InChI is InChI=1S/C12H16N4O3/c1-8-7-15(5-4-14-8)11-3-2-9(16(18)19)6-10(11)12(13)17/h2-3,6,8,14H,4-5,7H2,1H3,(H2,13,17)/t8-/m0/s1. The van der Waals surface area contributed by atoms with Gasteiger partial charge >= 0.3 is 0 Å². The van der Waals surface area contributed by atoms with Gasteiger partial charge in [0.2, 0.25) is 0 Å². The van der Waals surface area contributed by atoms with Crippen LogP contribution in [0.2, 0.25) is 0 Å². The van der Waals surface area contributed by atoms with Gasteiger partial charge in [0, 0.05) is 37.8 Å². The molecule has 1 saturated heterocycles. The second-order valence-corrected chi connectivity index (χ2v) is 4.62. The summed E-state index contributed by atoms with van der Waals surface area (Å²) in [6, 6.07) is 4.53. The van der Waals surface area contributed by atoms with E-state index in [0.29, 0.717) is 11.7 Å². The van der Waals surface area contributed by atoms with Crippen LogP contribution in [0, 0.1) is 10.1 Å². The number of carbonyl (C=O) groups is 1. The zero-order valence-electron chi connectivity index (χ0n) is 10.6. The summed E-state index contributed by atoms with van der Waals surface area (Å²) in [7, 11) is 0. The monoisotopic (exact) mass is 264 g/mol. The van der Waals surface area contributed by atoms with E-state index in [2.05, 4.69) is 5.32 Å². The minimum Gasteiger partial charge on any atom is -0.368 e. The van der Waals surface area contributed by atoms with E-state index in [9.17, 15) is 14.9 Å². The van der Waals surface area contributed by atoms with Crippen molar-refractivity contribution in [3.63, 3.8) is 0 Å². The van der Waals surface area contributed by atoms with Gasteiger partial charge in [-0.2, -0.15) is 0 Å². The van der Waals surface area contributed by atoms with Crippen LogP contribution in [0.25, 0.3) is 0 Å². The van der Waals surface area contributed by atoms with Gasteiger partial charge in [0.25, 0.3) is 11.6 Å². The number of rotatable bonds is 3. The Hall–Kier alpha value is -2.15. The molecule has 0 aliphatic carbocycles. The van der Waals surface area contributed by atoms with E-state index in [1.807, 2.05) is 11.8 Å². The topological polar surface area (TPSA) is 102 Å². The molecule has 0 saturated carbocycles. The zero-order chi connectivity index (χ0) is 14.0. The van der Waals surface area contributed by atoms with Crippen molar-refractivity contribution in [1.29, 1.82) is 0 Å². The molecular weight excluding hydrogens is 248 g/mol. The highest BCUT2D eigenvalue weighted by Crippen LogP contribution is 2.26. The van der Waals surface area contributed by atoms with Crippen LogP contribution in [0.3, 0.4) is 0 Å². The molecule has 1 amide bonds. The maximum Gasteiger partial charge on any atom is 0.270 e. The average Bonchev–Trinajstić information content (AvgIpc) is 2.37. The number of nitro benzene ring substituents is 1. The van der Waals surface area contributed by atoms with Crippen molar-refractivity contribution in [2.75, 3.05) is 24.5 Å². The summed E-state index contributed by atoms with van der Waals surface area (Å²) < 4.78 is 0. The van der Waals surface area contributed by atoms with Crippen molar-refractivity contribution >= 4 is 17.3 Å². The van der Waals surface area contributed by atoms with Gasteiger partial charge in [-0.1, -0.05) is 0 Å². The maximum absolute atomic E-state index is 11.5. The summed E-state index contributed by atoms with van der Waals surface area (Å²) in [5.41, 5.74) is 6.05. The number of non-ortho nitro benzene ring substituents is 1. The van der Waals surface area contributed by atoms with Gasteiger partial charge in [-0.05, 0) is 13.0 Å². The lowest BCUT2D eigenvalue weighted by Crippen LogP contribution is -2.49. The van der Waals surface area contributed by atoms with Crippen LogP contribution < -0.4 is 16.0 Å². The van der Waals surface area contributed by atoms with Crippen LogP contribution in [0.4, 0.5) is 11.4 Å². The molecule has 19 heavy (non-hydrogen) atoms. The number of amides is 1. The van der Waals surface area contributed by atoms with Gasteiger partial charge in [-0.25, -0.2) is 0 Å². The number of hydrogen-bond donors (Lipinski definition) is 2. The van der Waals surface area contributed by atoms with Crippen LogP contribution >= 0.6 is 0 Å². The average molecular weight is 264 g/mol. The maximum atomic E-state index is 11.5. The summed E-state index contributed by atoms with van der Waals surface area (Å²) in [5.74, 6) is -0.648. The van der Waals surface area contributed by atoms with Crippen LogP contribution in [-0.2, 0) is 0 Å². The Labute approximate surface area is 110 Å². The predicted octanol–water partition coefficient (Wildman–Crippen LogP) is 0.492. The molecule has 1 aliphatic heterocycles. The quantitative estimate of drug-likeness (QED) is 0.611. The molecule has 0 aromatic heterocycles. The van der Waals surface area contributed by atoms with E-state index in [1.165, 1.54) is 12.1 Å². The number of nitro groups is 1. The molecule has 1 aliphatic rings. The minimum atomic E-state index is -0.648. The fraction of sp³-hybridized carbons (Fsp3) is 0.417. The Balaban J connectivity index is 2.38. The lowest BCUT2D eigenvalue weighted by Gasteiger charge is -2.34. The van der Waals surface area contributed by atoms with Crippen LogP contribution in [0.1, 0.15) is 17.3 Å². The molecule has 102 valence electrons. The molecule has 0 radical (unpaired) electrons. The van der Waals surface area contributed by atoms with E-state index in [-0.39, 0.29) is 11.3 Å². The first-order valence-corrected chi connectivity index (χ1v) is 6.05. The molecule has 1 aromatic rings. The first-order valence-electron chi connectivity index (χ1n) is 6.05. The first kappa shape index (κ1) is 13.3. The molecule has 1 heterocycles. The molecule has 1 atom stereocenters. The molecule has 1 aromatic carbocycles. The number of primary amides is 1. The molecule has 0 bridgehead atoms. The molecule has 3 N–H and O–H groups in total. The summed E-state index contributed by atoms with van der Waals surface area (Å²) in [4.78, 5) is 23.7. The van der Waals surface area contributed by atoms with E-state index in [1.54, 1.807) is 6.07 Å². The predicted molar refractivity (Wildman–Crippen MR) is 71.3 cm³/mol. The fourth-order valence-corrected chi connectivity index (χ4v) is 2.26. The van der Waals surface area contributed by atoms with E-state index < -0.39 is 10.8 Å². The van der Waals surface area contributed by atoms with E-state index >= 15 is 0 Å². The number of carbonyl (C=O) groups excluding carboxylic acids is 1. The van der Waals surface area contributed by atoms with Crippen molar-refractivity contribution in [2.24, 2.45) is 5.73 Å². The largest absolute Gasteiger partial charge is 0.368 e. The number of anilines is 1. The second-order valence-electron chi connectivity index (χ2n) is 4.62. The highest BCUT2D eigenvalue weighted by molar-refractivity contribution is 5.99. The zero-order valence-corrected chi connectivity index (χ0v) is 10.6. The highest BCUT2D eigenvalue weighted by atomic mass is 16.6. The van der Waals surface area contributed by atoms with Crippen molar-refractivity contribution in [3.8, 4) is 0 Å². The van der Waals surface area contributed by atoms with E-state index in [4.69, 9.17) is 5.73 Å². The number of nitrogens with zero attached hydrogens (tertiary/aromatic N) is 2. The van der Waals surface area contributed by atoms with E-state index in [0.717, 1.165) is 19.6 Å². The minimum absolute atomic E-state index is 0.124. The molecular formula is C12H16N4O3. The van der Waals surface area contributed by atoms with Crippen molar-refractivity contribution in [3.05, 3.63) is 33.9 Å². The van der Waals surface area contributed by atoms with Crippen molar-refractivity contribution in [1.82, 2.24) is 5.32 Å². The molecule has 7 heteroatoms. The summed E-state index contributed by atoms with van der Waals surface area (Å²) in [6.45, 7) is 4.32. The third kappa shape index (κ3) is 2.82. The number of nitrogens with one attached hydrogen (secondary N) is 1. The van der Waals surface area contributed by atoms with Crippen molar-refractivity contribution in [2.45, 2.75) is 13.0 Å². The molecule has 1 fully saturated rings. The van der Waals surface area contributed by atoms with Crippen molar-refractivity contribution < 1.29 is 9.72 Å². The smallest absolute Gasteiger partial charge is 0.270 e. The Kier molecular flexibility index (Phi) is 3.66. The fourth-order valence-electron chi connectivity index (χ4n) is 2.26. The van der Waals surface area contributed by atoms with Gasteiger partial charge in [-0.3, -0.25) is 14.9 Å². The van der Waals surface area contributed by atoms with Crippen LogP contribution in [-0.4, -0.2) is 36.5 Å². The van der Waals surface area contributed by atoms with Crippen LogP contribution in [0.5, 0.6) is 0 Å². The molecule has 0 spiro atoms. The SMILES string of the molecule is C[C@H]1CN(c2ccc([N+](=O)[O-])cc2C(N)=O)CCN1. The summed E-state index contributed by atoms with van der Waals surface area (Å²) in [6.07, 6.45) is 0. The first-order chi connectivity index (χ1) is 8.99. The lowest BCUT2D eigenvalue weighted by atomic mass is 10.1. The Morgan fingerprint density at radius 3 is 2.89 bits per heavy atom. The summed E-state index contributed by atoms with van der Waals surface area (Å²) >= 11 is 0. The molecule has 7 nitrogen and oxygen atoms in total. The number of nitrogens with two attached hydrogens (primary N) is 1. The van der Waals surface area contributed by atoms with Gasteiger partial charge in [0.05, 0.1) is 16.2 Å². The molecule has 2 rings (SSSR count). The highest BCUT2D eigenvalue weighted by Gasteiger charge is 2.22. The third-order valence-corrected chi connectivity index (χ3v) is 3.17. The number of benzene rings is 1. The Morgan fingerprint density at radius 1 is 1.58 bits per heavy atom. The Bertz CT molecular complexity index is 518.